The van der Waals surface area contributed by atoms with E-state index in [1.165, 1.54) is 0 Å². The Morgan fingerprint density at radius 3 is 2.61 bits per heavy atom. The zero-order chi connectivity index (χ0) is 13.0. The highest BCUT2D eigenvalue weighted by Crippen LogP contribution is 2.27. The lowest BCUT2D eigenvalue weighted by molar-refractivity contribution is -0.118. The fourth-order valence-corrected chi connectivity index (χ4v) is 2.30. The van der Waals surface area contributed by atoms with Crippen molar-refractivity contribution in [3.8, 4) is 0 Å². The van der Waals surface area contributed by atoms with Gasteiger partial charge in [-0.15, -0.1) is 11.6 Å². The Kier molecular flexibility index (Phi) is 4.21. The summed E-state index contributed by atoms with van der Waals surface area (Å²) in [5.74, 6) is 0.434. The van der Waals surface area contributed by atoms with Crippen molar-refractivity contribution >= 4 is 34.0 Å². The van der Waals surface area contributed by atoms with Crippen LogP contribution in [0.4, 0.5) is 5.69 Å². The number of amides is 1. The second-order valence-electron chi connectivity index (χ2n) is 4.08. The van der Waals surface area contributed by atoms with Crippen LogP contribution in [0.5, 0.6) is 0 Å². The second kappa shape index (κ2) is 5.87. The lowest BCUT2D eigenvalue weighted by Crippen LogP contribution is -2.30. The van der Waals surface area contributed by atoms with Gasteiger partial charge in [0, 0.05) is 24.2 Å². The number of hydrogen-bond donors (Lipinski definition) is 0. The van der Waals surface area contributed by atoms with Gasteiger partial charge in [0.15, 0.2) is 0 Å². The normalized spacial score (nSPS) is 10.6. The summed E-state index contributed by atoms with van der Waals surface area (Å²) in [6.07, 6.45) is 0.374. The van der Waals surface area contributed by atoms with E-state index in [1.54, 1.807) is 4.90 Å². The van der Waals surface area contributed by atoms with Crippen LogP contribution in [0.15, 0.2) is 42.5 Å². The predicted octanol–water partition coefficient (Wildman–Crippen LogP) is 3.82. The highest BCUT2D eigenvalue weighted by molar-refractivity contribution is 6.19. The van der Waals surface area contributed by atoms with E-state index in [4.69, 9.17) is 11.6 Å². The molecule has 2 aromatic carbocycles. The van der Waals surface area contributed by atoms with E-state index in [2.05, 4.69) is 12.1 Å². The lowest BCUT2D eigenvalue weighted by Gasteiger charge is -2.22. The first-order valence-corrected chi connectivity index (χ1v) is 6.65. The molecule has 2 rings (SSSR count). The molecule has 0 saturated heterocycles. The molecule has 0 aliphatic heterocycles. The number of benzene rings is 2. The topological polar surface area (TPSA) is 20.3 Å². The van der Waals surface area contributed by atoms with E-state index >= 15 is 0 Å². The number of carbonyl (C=O) groups excluding carboxylic acids is 1. The summed E-state index contributed by atoms with van der Waals surface area (Å²) < 4.78 is 0. The van der Waals surface area contributed by atoms with Gasteiger partial charge < -0.3 is 4.90 Å². The molecule has 0 saturated carbocycles. The lowest BCUT2D eigenvalue weighted by atomic mass is 10.1. The number of carbonyl (C=O) groups is 1. The molecule has 0 aromatic heterocycles. The molecule has 94 valence electrons. The molecule has 0 aliphatic carbocycles. The summed E-state index contributed by atoms with van der Waals surface area (Å²) in [6.45, 7) is 2.64. The quantitative estimate of drug-likeness (QED) is 0.766. The third-order valence-corrected chi connectivity index (χ3v) is 3.17. The molecule has 0 N–H and O–H groups in total. The smallest absolute Gasteiger partial charge is 0.228 e. The molecule has 0 atom stereocenters. The van der Waals surface area contributed by atoms with Crippen LogP contribution in [-0.4, -0.2) is 18.3 Å². The highest BCUT2D eigenvalue weighted by Gasteiger charge is 2.15. The van der Waals surface area contributed by atoms with Crippen molar-refractivity contribution in [1.82, 2.24) is 0 Å². The Hall–Kier alpha value is -1.54. The molecule has 0 radical (unpaired) electrons. The summed E-state index contributed by atoms with van der Waals surface area (Å²) in [6, 6.07) is 14.1. The van der Waals surface area contributed by atoms with Crippen molar-refractivity contribution in [2.45, 2.75) is 13.3 Å². The minimum atomic E-state index is 0.0730. The molecule has 18 heavy (non-hydrogen) atoms. The van der Waals surface area contributed by atoms with E-state index in [0.29, 0.717) is 18.8 Å². The van der Waals surface area contributed by atoms with E-state index in [-0.39, 0.29) is 5.91 Å². The molecular weight excluding hydrogens is 246 g/mol. The van der Waals surface area contributed by atoms with Crippen LogP contribution in [0.25, 0.3) is 10.8 Å². The molecule has 3 heteroatoms. The number of fused-ring (bicyclic) bond motifs is 1. The van der Waals surface area contributed by atoms with Gasteiger partial charge in [-0.3, -0.25) is 4.79 Å². The molecule has 2 aromatic rings. The van der Waals surface area contributed by atoms with Gasteiger partial charge in [-0.05, 0) is 18.4 Å². The highest BCUT2D eigenvalue weighted by atomic mass is 35.5. The zero-order valence-corrected chi connectivity index (χ0v) is 11.2. The number of alkyl halides is 1. The van der Waals surface area contributed by atoms with Crippen molar-refractivity contribution in [3.05, 3.63) is 42.5 Å². The molecule has 0 fully saturated rings. The first-order chi connectivity index (χ1) is 8.77. The largest absolute Gasteiger partial charge is 0.312 e. The number of rotatable bonds is 4. The maximum Gasteiger partial charge on any atom is 0.228 e. The molecule has 2 nitrogen and oxygen atoms in total. The molecule has 1 amide bonds. The molecule has 0 bridgehead atoms. The average molecular weight is 262 g/mol. The predicted molar refractivity (Wildman–Crippen MR) is 77.3 cm³/mol. The first kappa shape index (κ1) is 12.9. The van der Waals surface area contributed by atoms with Gasteiger partial charge in [0.05, 0.1) is 5.69 Å². The fraction of sp³-hybridized carbons (Fsp3) is 0.267. The third-order valence-electron chi connectivity index (χ3n) is 2.98. The van der Waals surface area contributed by atoms with Crippen molar-refractivity contribution in [3.63, 3.8) is 0 Å². The minimum Gasteiger partial charge on any atom is -0.312 e. The first-order valence-electron chi connectivity index (χ1n) is 6.12. The van der Waals surface area contributed by atoms with Crippen molar-refractivity contribution in [2.75, 3.05) is 17.3 Å². The van der Waals surface area contributed by atoms with Gasteiger partial charge in [-0.1, -0.05) is 36.4 Å². The number of hydrogen-bond acceptors (Lipinski definition) is 1. The maximum atomic E-state index is 12.1. The Morgan fingerprint density at radius 2 is 1.89 bits per heavy atom. The van der Waals surface area contributed by atoms with Crippen LogP contribution in [0.3, 0.4) is 0 Å². The summed E-state index contributed by atoms with van der Waals surface area (Å²) in [5, 5.41) is 2.25. The summed E-state index contributed by atoms with van der Waals surface area (Å²) in [7, 11) is 0. The second-order valence-corrected chi connectivity index (χ2v) is 4.45. The number of halogens is 1. The molecular formula is C15H16ClNO. The Labute approximate surface area is 112 Å². The van der Waals surface area contributed by atoms with Gasteiger partial charge in [0.2, 0.25) is 5.91 Å². The Morgan fingerprint density at radius 1 is 1.17 bits per heavy atom. The third kappa shape index (κ3) is 2.49. The van der Waals surface area contributed by atoms with E-state index < -0.39 is 0 Å². The summed E-state index contributed by atoms with van der Waals surface area (Å²) in [5.41, 5.74) is 0.964. The fourth-order valence-electron chi connectivity index (χ4n) is 2.14. The van der Waals surface area contributed by atoms with Gasteiger partial charge >= 0.3 is 0 Å². The molecule has 0 heterocycles. The number of nitrogens with zero attached hydrogens (tertiary/aromatic N) is 1. The van der Waals surface area contributed by atoms with Crippen LogP contribution in [-0.2, 0) is 4.79 Å². The van der Waals surface area contributed by atoms with Crippen LogP contribution in [0.1, 0.15) is 13.3 Å². The maximum absolute atomic E-state index is 12.1. The molecule has 0 unspecified atom stereocenters. The Bertz CT molecular complexity index is 548. The zero-order valence-electron chi connectivity index (χ0n) is 10.4. The van der Waals surface area contributed by atoms with Gasteiger partial charge in [0.25, 0.3) is 0 Å². The molecule has 0 spiro atoms. The van der Waals surface area contributed by atoms with E-state index in [9.17, 15) is 4.79 Å². The van der Waals surface area contributed by atoms with Gasteiger partial charge in [0.1, 0.15) is 0 Å². The van der Waals surface area contributed by atoms with Crippen molar-refractivity contribution < 1.29 is 4.79 Å². The van der Waals surface area contributed by atoms with Crippen molar-refractivity contribution in [1.29, 1.82) is 0 Å². The van der Waals surface area contributed by atoms with Gasteiger partial charge in [-0.2, -0.15) is 0 Å². The molecule has 0 aliphatic rings. The average Bonchev–Trinajstić information content (AvgIpc) is 2.40. The van der Waals surface area contributed by atoms with E-state index in [1.807, 2.05) is 37.3 Å². The number of anilines is 1. The SMILES string of the molecule is CCN(C(=O)CCCl)c1cccc2ccccc12. The van der Waals surface area contributed by atoms with Crippen LogP contribution in [0, 0.1) is 0 Å². The van der Waals surface area contributed by atoms with E-state index in [0.717, 1.165) is 16.5 Å². The van der Waals surface area contributed by atoms with Gasteiger partial charge in [-0.25, -0.2) is 0 Å². The summed E-state index contributed by atoms with van der Waals surface area (Å²) >= 11 is 5.66. The standard InChI is InChI=1S/C15H16ClNO/c1-2-17(15(18)10-11-16)14-9-5-7-12-6-3-4-8-13(12)14/h3-9H,2,10-11H2,1H3. The van der Waals surface area contributed by atoms with Crippen molar-refractivity contribution in [2.24, 2.45) is 0 Å². The summed E-state index contributed by atoms with van der Waals surface area (Å²) in [4.78, 5) is 13.9. The minimum absolute atomic E-state index is 0.0730. The monoisotopic (exact) mass is 261 g/mol. The van der Waals surface area contributed by atoms with Crippen LogP contribution >= 0.6 is 11.6 Å². The Balaban J connectivity index is 2.48. The van der Waals surface area contributed by atoms with Crippen LogP contribution < -0.4 is 4.90 Å². The van der Waals surface area contributed by atoms with Crippen LogP contribution in [0.2, 0.25) is 0 Å².